The SMILES string of the molecule is Cn1nccc1-c1nnc(NC(=O)C2CCCCN2S(=O)(=O)c2ccc(Cl)s2)o1. The first-order valence-electron chi connectivity index (χ1n) is 8.76. The first-order chi connectivity index (χ1) is 13.9. The second-order valence-electron chi connectivity index (χ2n) is 6.43. The first kappa shape index (κ1) is 20.0. The van der Waals surface area contributed by atoms with Gasteiger partial charge in [-0.1, -0.05) is 23.1 Å². The van der Waals surface area contributed by atoms with Gasteiger partial charge in [-0.2, -0.15) is 9.40 Å². The highest BCUT2D eigenvalue weighted by molar-refractivity contribution is 7.91. The van der Waals surface area contributed by atoms with E-state index in [-0.39, 0.29) is 22.7 Å². The van der Waals surface area contributed by atoms with Crippen molar-refractivity contribution in [3.05, 3.63) is 28.7 Å². The third-order valence-electron chi connectivity index (χ3n) is 4.56. The summed E-state index contributed by atoms with van der Waals surface area (Å²) in [5.74, 6) is -0.321. The fourth-order valence-electron chi connectivity index (χ4n) is 3.16. The third-order valence-corrected chi connectivity index (χ3v) is 8.17. The zero-order chi connectivity index (χ0) is 20.6. The third kappa shape index (κ3) is 3.92. The number of piperidine rings is 1. The topological polar surface area (TPSA) is 123 Å². The number of hydrogen-bond donors (Lipinski definition) is 1. The van der Waals surface area contributed by atoms with Crippen LogP contribution in [-0.4, -0.2) is 51.2 Å². The van der Waals surface area contributed by atoms with Crippen LogP contribution >= 0.6 is 22.9 Å². The summed E-state index contributed by atoms with van der Waals surface area (Å²) in [4.78, 5) is 12.8. The fourth-order valence-corrected chi connectivity index (χ4v) is 6.42. The number of aryl methyl sites for hydroxylation is 1. The minimum Gasteiger partial charge on any atom is -0.401 e. The summed E-state index contributed by atoms with van der Waals surface area (Å²) in [6, 6.07) is 3.69. The van der Waals surface area contributed by atoms with E-state index in [0.717, 1.165) is 17.8 Å². The van der Waals surface area contributed by atoms with Crippen LogP contribution in [0.25, 0.3) is 11.6 Å². The molecule has 1 aliphatic rings. The van der Waals surface area contributed by atoms with E-state index in [0.29, 0.717) is 22.9 Å². The number of sulfonamides is 1. The van der Waals surface area contributed by atoms with E-state index >= 15 is 0 Å². The van der Waals surface area contributed by atoms with Crippen LogP contribution in [-0.2, 0) is 21.9 Å². The van der Waals surface area contributed by atoms with Crippen molar-refractivity contribution in [1.29, 1.82) is 0 Å². The molecule has 0 bridgehead atoms. The van der Waals surface area contributed by atoms with Gasteiger partial charge in [0, 0.05) is 19.8 Å². The van der Waals surface area contributed by atoms with E-state index in [2.05, 4.69) is 20.6 Å². The molecule has 3 aromatic rings. The van der Waals surface area contributed by atoms with Gasteiger partial charge in [-0.25, -0.2) is 8.42 Å². The molecule has 1 atom stereocenters. The number of thiophene rings is 1. The van der Waals surface area contributed by atoms with E-state index < -0.39 is 22.0 Å². The smallest absolute Gasteiger partial charge is 0.322 e. The van der Waals surface area contributed by atoms with Crippen molar-refractivity contribution in [2.75, 3.05) is 11.9 Å². The predicted molar refractivity (Wildman–Crippen MR) is 106 cm³/mol. The number of nitrogens with zero attached hydrogens (tertiary/aromatic N) is 5. The van der Waals surface area contributed by atoms with Gasteiger partial charge in [0.25, 0.3) is 15.9 Å². The maximum absolute atomic E-state index is 13.0. The molecule has 29 heavy (non-hydrogen) atoms. The molecule has 1 amide bonds. The van der Waals surface area contributed by atoms with Crippen LogP contribution in [0.1, 0.15) is 19.3 Å². The molecule has 1 N–H and O–H groups in total. The molecule has 1 saturated heterocycles. The lowest BCUT2D eigenvalue weighted by Gasteiger charge is -2.32. The van der Waals surface area contributed by atoms with Gasteiger partial charge in [-0.3, -0.25) is 14.8 Å². The monoisotopic (exact) mass is 456 g/mol. The van der Waals surface area contributed by atoms with Crippen LogP contribution in [0.15, 0.2) is 33.0 Å². The van der Waals surface area contributed by atoms with Crippen molar-refractivity contribution in [2.24, 2.45) is 7.05 Å². The van der Waals surface area contributed by atoms with Crippen molar-refractivity contribution in [2.45, 2.75) is 29.5 Å². The van der Waals surface area contributed by atoms with E-state index in [1.54, 1.807) is 24.0 Å². The molecular formula is C16H17ClN6O4S2. The molecule has 1 unspecified atom stereocenters. The van der Waals surface area contributed by atoms with Gasteiger partial charge in [-0.15, -0.1) is 16.4 Å². The molecule has 0 saturated carbocycles. The van der Waals surface area contributed by atoms with Crippen LogP contribution in [0.3, 0.4) is 0 Å². The second kappa shape index (κ2) is 7.86. The maximum atomic E-state index is 13.0. The molecule has 3 aromatic heterocycles. The van der Waals surface area contributed by atoms with Gasteiger partial charge in [0.05, 0.1) is 4.34 Å². The Morgan fingerprint density at radius 3 is 2.83 bits per heavy atom. The number of carbonyl (C=O) groups excluding carboxylic acids is 1. The highest BCUT2D eigenvalue weighted by Gasteiger charge is 2.38. The minimum absolute atomic E-state index is 0.103. The van der Waals surface area contributed by atoms with E-state index in [1.165, 1.54) is 16.4 Å². The summed E-state index contributed by atoms with van der Waals surface area (Å²) >= 11 is 6.85. The summed E-state index contributed by atoms with van der Waals surface area (Å²) in [6.45, 7) is 0.250. The quantitative estimate of drug-likeness (QED) is 0.625. The predicted octanol–water partition coefficient (Wildman–Crippen LogP) is 2.37. The lowest BCUT2D eigenvalue weighted by molar-refractivity contribution is -0.120. The summed E-state index contributed by atoms with van der Waals surface area (Å²) in [6.07, 6.45) is 3.39. The zero-order valence-electron chi connectivity index (χ0n) is 15.3. The molecule has 1 aliphatic heterocycles. The maximum Gasteiger partial charge on any atom is 0.322 e. The van der Waals surface area contributed by atoms with Crippen LogP contribution in [0.2, 0.25) is 4.34 Å². The number of amides is 1. The summed E-state index contributed by atoms with van der Waals surface area (Å²) < 4.78 is 34.7. The Kier molecular flexibility index (Phi) is 5.42. The molecule has 0 aromatic carbocycles. The number of aromatic nitrogens is 4. The molecule has 4 rings (SSSR count). The number of halogens is 1. The molecule has 1 fully saturated rings. The average molecular weight is 457 g/mol. The van der Waals surface area contributed by atoms with Crippen LogP contribution < -0.4 is 5.32 Å². The standard InChI is InChI=1S/C16H17ClN6O4S2/c1-22-11(7-8-18-22)15-20-21-16(27-15)19-14(24)10-4-2-3-9-23(10)29(25,26)13-6-5-12(17)28-13/h5-8,10H,2-4,9H2,1H3,(H,19,21,24). The van der Waals surface area contributed by atoms with Crippen molar-refractivity contribution >= 4 is 44.9 Å². The van der Waals surface area contributed by atoms with Crippen molar-refractivity contribution < 1.29 is 17.6 Å². The van der Waals surface area contributed by atoms with E-state index in [9.17, 15) is 13.2 Å². The lowest BCUT2D eigenvalue weighted by Crippen LogP contribution is -2.49. The van der Waals surface area contributed by atoms with Gasteiger partial charge in [-0.05, 0) is 31.0 Å². The molecule has 0 aliphatic carbocycles. The number of carbonyl (C=O) groups is 1. The Bertz CT molecular complexity index is 1140. The van der Waals surface area contributed by atoms with Crippen molar-refractivity contribution in [3.63, 3.8) is 0 Å². The molecular weight excluding hydrogens is 440 g/mol. The fraction of sp³-hybridized carbons (Fsp3) is 0.375. The normalized spacial score (nSPS) is 18.1. The van der Waals surface area contributed by atoms with Gasteiger partial charge in [0.15, 0.2) is 0 Å². The molecule has 4 heterocycles. The van der Waals surface area contributed by atoms with Gasteiger partial charge < -0.3 is 4.42 Å². The molecule has 0 radical (unpaired) electrons. The van der Waals surface area contributed by atoms with Crippen molar-refractivity contribution in [3.8, 4) is 11.6 Å². The molecule has 10 nitrogen and oxygen atoms in total. The highest BCUT2D eigenvalue weighted by atomic mass is 35.5. The largest absolute Gasteiger partial charge is 0.401 e. The summed E-state index contributed by atoms with van der Waals surface area (Å²) in [5.41, 5.74) is 0.592. The Labute approximate surface area is 175 Å². The number of nitrogens with one attached hydrogen (secondary N) is 1. The van der Waals surface area contributed by atoms with Gasteiger partial charge in [0.2, 0.25) is 5.91 Å². The number of hydrogen-bond acceptors (Lipinski definition) is 8. The Balaban J connectivity index is 1.54. The van der Waals surface area contributed by atoms with Crippen LogP contribution in [0.4, 0.5) is 6.01 Å². The lowest BCUT2D eigenvalue weighted by atomic mass is 10.0. The Morgan fingerprint density at radius 2 is 2.14 bits per heavy atom. The molecule has 154 valence electrons. The number of rotatable bonds is 5. The summed E-state index contributed by atoms with van der Waals surface area (Å²) in [5, 5.41) is 14.3. The highest BCUT2D eigenvalue weighted by Crippen LogP contribution is 2.32. The molecule has 13 heteroatoms. The van der Waals surface area contributed by atoms with Crippen LogP contribution in [0.5, 0.6) is 0 Å². The van der Waals surface area contributed by atoms with Crippen molar-refractivity contribution in [1.82, 2.24) is 24.3 Å². The average Bonchev–Trinajstić information content (AvgIpc) is 3.43. The summed E-state index contributed by atoms with van der Waals surface area (Å²) in [7, 11) is -2.11. The minimum atomic E-state index is -3.84. The Morgan fingerprint density at radius 1 is 1.31 bits per heavy atom. The van der Waals surface area contributed by atoms with E-state index in [1.807, 2.05) is 0 Å². The zero-order valence-corrected chi connectivity index (χ0v) is 17.7. The Hall–Kier alpha value is -2.28. The number of anilines is 1. The first-order valence-corrected chi connectivity index (χ1v) is 11.4. The van der Waals surface area contributed by atoms with E-state index in [4.69, 9.17) is 16.0 Å². The van der Waals surface area contributed by atoms with Crippen LogP contribution in [0, 0.1) is 0 Å². The van der Waals surface area contributed by atoms with Gasteiger partial charge in [0.1, 0.15) is 15.9 Å². The molecule has 0 spiro atoms. The second-order valence-corrected chi connectivity index (χ2v) is 10.3. The van der Waals surface area contributed by atoms with Gasteiger partial charge >= 0.3 is 6.01 Å².